The van der Waals surface area contributed by atoms with Crippen LogP contribution in [0.2, 0.25) is 0 Å². The molecule has 0 heterocycles. The van der Waals surface area contributed by atoms with Gasteiger partial charge in [0.05, 0.1) is 11.3 Å². The third-order valence-corrected chi connectivity index (χ3v) is 2.77. The molecular formula is C14H10F4N2O. The van der Waals surface area contributed by atoms with Crippen molar-refractivity contribution in [1.82, 2.24) is 0 Å². The van der Waals surface area contributed by atoms with E-state index < -0.39 is 23.6 Å². The summed E-state index contributed by atoms with van der Waals surface area (Å²) in [4.78, 5) is 10.6. The SMILES string of the molecule is NC(=O)Nc1ccc(-c2ccc(C(F)(F)F)cc2)cc1F. The van der Waals surface area contributed by atoms with Gasteiger partial charge in [0.1, 0.15) is 5.82 Å². The van der Waals surface area contributed by atoms with Crippen LogP contribution in [0.1, 0.15) is 5.56 Å². The van der Waals surface area contributed by atoms with Crippen LogP contribution in [0.4, 0.5) is 28.0 Å². The van der Waals surface area contributed by atoms with Gasteiger partial charge in [-0.15, -0.1) is 0 Å². The molecular weight excluding hydrogens is 288 g/mol. The summed E-state index contributed by atoms with van der Waals surface area (Å²) in [5.41, 5.74) is 4.81. The van der Waals surface area contributed by atoms with Crippen LogP contribution in [0.15, 0.2) is 42.5 Å². The van der Waals surface area contributed by atoms with Crippen LogP contribution in [0.5, 0.6) is 0 Å². The number of hydrogen-bond acceptors (Lipinski definition) is 1. The Bertz CT molecular complexity index is 666. The number of carbonyl (C=O) groups is 1. The van der Waals surface area contributed by atoms with Crippen LogP contribution in [-0.4, -0.2) is 6.03 Å². The number of halogens is 4. The maximum atomic E-state index is 13.7. The monoisotopic (exact) mass is 298 g/mol. The standard InChI is InChI=1S/C14H10F4N2O/c15-11-7-9(3-6-12(11)20-13(19)21)8-1-4-10(5-2-8)14(16,17)18/h1-7H,(H3,19,20,21). The lowest BCUT2D eigenvalue weighted by atomic mass is 10.0. The van der Waals surface area contributed by atoms with E-state index in [4.69, 9.17) is 5.73 Å². The van der Waals surface area contributed by atoms with Gasteiger partial charge < -0.3 is 11.1 Å². The van der Waals surface area contributed by atoms with E-state index in [0.717, 1.165) is 18.2 Å². The summed E-state index contributed by atoms with van der Waals surface area (Å²) in [5.74, 6) is -0.730. The third-order valence-electron chi connectivity index (χ3n) is 2.77. The average molecular weight is 298 g/mol. The summed E-state index contributed by atoms with van der Waals surface area (Å²) in [6.07, 6.45) is -4.42. The normalized spacial score (nSPS) is 11.2. The lowest BCUT2D eigenvalue weighted by Gasteiger charge is -2.09. The molecule has 21 heavy (non-hydrogen) atoms. The van der Waals surface area contributed by atoms with Gasteiger partial charge in [0, 0.05) is 0 Å². The molecule has 0 saturated carbocycles. The molecule has 0 aliphatic rings. The van der Waals surface area contributed by atoms with Crippen molar-refractivity contribution in [3.8, 4) is 11.1 Å². The molecule has 0 bridgehead atoms. The first kappa shape index (κ1) is 14.8. The first-order valence-electron chi connectivity index (χ1n) is 5.81. The van der Waals surface area contributed by atoms with E-state index in [2.05, 4.69) is 5.32 Å². The van der Waals surface area contributed by atoms with Gasteiger partial charge >= 0.3 is 12.2 Å². The zero-order chi connectivity index (χ0) is 15.6. The largest absolute Gasteiger partial charge is 0.416 e. The number of carbonyl (C=O) groups excluding carboxylic acids is 1. The summed E-state index contributed by atoms with van der Waals surface area (Å²) in [7, 11) is 0. The number of nitrogens with one attached hydrogen (secondary N) is 1. The quantitative estimate of drug-likeness (QED) is 0.809. The van der Waals surface area contributed by atoms with E-state index in [1.807, 2.05) is 0 Å². The Morgan fingerprint density at radius 3 is 2.05 bits per heavy atom. The summed E-state index contributed by atoms with van der Waals surface area (Å²) < 4.78 is 51.1. The Morgan fingerprint density at radius 1 is 1.00 bits per heavy atom. The van der Waals surface area contributed by atoms with Crippen LogP contribution >= 0.6 is 0 Å². The predicted octanol–water partition coefficient (Wildman–Crippen LogP) is 4.00. The molecule has 110 valence electrons. The Hall–Kier alpha value is -2.57. The molecule has 2 aromatic rings. The fraction of sp³-hybridized carbons (Fsp3) is 0.0714. The van der Waals surface area contributed by atoms with Crippen molar-refractivity contribution in [2.45, 2.75) is 6.18 Å². The van der Waals surface area contributed by atoms with Crippen LogP contribution < -0.4 is 11.1 Å². The van der Waals surface area contributed by atoms with Crippen LogP contribution in [0.3, 0.4) is 0 Å². The van der Waals surface area contributed by atoms with Crippen molar-refractivity contribution in [2.24, 2.45) is 5.73 Å². The van der Waals surface area contributed by atoms with Gasteiger partial charge in [-0.3, -0.25) is 0 Å². The molecule has 2 amide bonds. The minimum atomic E-state index is -4.42. The fourth-order valence-corrected chi connectivity index (χ4v) is 1.78. The molecule has 7 heteroatoms. The summed E-state index contributed by atoms with van der Waals surface area (Å²) in [6, 6.07) is 7.29. The molecule has 0 spiro atoms. The first-order valence-corrected chi connectivity index (χ1v) is 5.81. The molecule has 3 nitrogen and oxygen atoms in total. The number of alkyl halides is 3. The van der Waals surface area contributed by atoms with Gasteiger partial charge in [0.25, 0.3) is 0 Å². The summed E-state index contributed by atoms with van der Waals surface area (Å²) in [6.45, 7) is 0. The Balaban J connectivity index is 2.30. The highest BCUT2D eigenvalue weighted by Crippen LogP contribution is 2.31. The maximum Gasteiger partial charge on any atom is 0.416 e. The number of primary amides is 1. The van der Waals surface area contributed by atoms with E-state index >= 15 is 0 Å². The molecule has 0 aromatic heterocycles. The number of urea groups is 1. The van der Waals surface area contributed by atoms with Crippen molar-refractivity contribution in [1.29, 1.82) is 0 Å². The Kier molecular flexibility index (Phi) is 3.84. The molecule has 2 aromatic carbocycles. The fourth-order valence-electron chi connectivity index (χ4n) is 1.78. The van der Waals surface area contributed by atoms with Crippen LogP contribution in [-0.2, 0) is 6.18 Å². The zero-order valence-electron chi connectivity index (χ0n) is 10.5. The van der Waals surface area contributed by atoms with Gasteiger partial charge in [-0.05, 0) is 35.4 Å². The third kappa shape index (κ3) is 3.50. The minimum Gasteiger partial charge on any atom is -0.351 e. The molecule has 3 N–H and O–H groups in total. The van der Waals surface area contributed by atoms with E-state index in [1.54, 1.807) is 0 Å². The first-order chi connectivity index (χ1) is 9.77. The zero-order valence-corrected chi connectivity index (χ0v) is 10.5. The van der Waals surface area contributed by atoms with Crippen molar-refractivity contribution in [3.05, 3.63) is 53.8 Å². The predicted molar refractivity (Wildman–Crippen MR) is 70.0 cm³/mol. The Labute approximate surface area is 117 Å². The smallest absolute Gasteiger partial charge is 0.351 e. The molecule has 0 radical (unpaired) electrons. The maximum absolute atomic E-state index is 13.7. The van der Waals surface area contributed by atoms with Gasteiger partial charge in [-0.25, -0.2) is 9.18 Å². The number of hydrogen-bond donors (Lipinski definition) is 2. The van der Waals surface area contributed by atoms with E-state index in [-0.39, 0.29) is 5.69 Å². The van der Waals surface area contributed by atoms with Gasteiger partial charge in [-0.2, -0.15) is 13.2 Å². The van der Waals surface area contributed by atoms with Crippen molar-refractivity contribution < 1.29 is 22.4 Å². The number of nitrogens with two attached hydrogens (primary N) is 1. The number of benzene rings is 2. The number of amides is 2. The lowest BCUT2D eigenvalue weighted by molar-refractivity contribution is -0.137. The molecule has 0 fully saturated rings. The highest BCUT2D eigenvalue weighted by Gasteiger charge is 2.29. The van der Waals surface area contributed by atoms with E-state index in [0.29, 0.717) is 11.1 Å². The van der Waals surface area contributed by atoms with Gasteiger partial charge in [0.2, 0.25) is 0 Å². The highest BCUT2D eigenvalue weighted by atomic mass is 19.4. The molecule has 0 aliphatic carbocycles. The number of rotatable bonds is 2. The minimum absolute atomic E-state index is 0.0989. The average Bonchev–Trinajstić information content (AvgIpc) is 2.40. The molecule has 2 rings (SSSR count). The van der Waals surface area contributed by atoms with Crippen molar-refractivity contribution in [2.75, 3.05) is 5.32 Å². The van der Waals surface area contributed by atoms with Crippen molar-refractivity contribution in [3.63, 3.8) is 0 Å². The van der Waals surface area contributed by atoms with Gasteiger partial charge in [0.15, 0.2) is 0 Å². The van der Waals surface area contributed by atoms with Crippen LogP contribution in [0, 0.1) is 5.82 Å². The highest BCUT2D eigenvalue weighted by molar-refractivity contribution is 5.88. The van der Waals surface area contributed by atoms with Gasteiger partial charge in [-0.1, -0.05) is 18.2 Å². The summed E-state index contributed by atoms with van der Waals surface area (Å²) >= 11 is 0. The summed E-state index contributed by atoms with van der Waals surface area (Å²) in [5, 5.41) is 2.10. The molecule has 0 saturated heterocycles. The van der Waals surface area contributed by atoms with E-state index in [9.17, 15) is 22.4 Å². The Morgan fingerprint density at radius 2 is 1.57 bits per heavy atom. The van der Waals surface area contributed by atoms with E-state index in [1.165, 1.54) is 24.3 Å². The molecule has 0 atom stereocenters. The second kappa shape index (κ2) is 5.43. The lowest BCUT2D eigenvalue weighted by Crippen LogP contribution is -2.19. The van der Waals surface area contributed by atoms with Crippen molar-refractivity contribution >= 4 is 11.7 Å². The second-order valence-corrected chi connectivity index (χ2v) is 4.26. The van der Waals surface area contributed by atoms with Crippen LogP contribution in [0.25, 0.3) is 11.1 Å². The molecule has 0 unspecified atom stereocenters. The topological polar surface area (TPSA) is 55.1 Å². The second-order valence-electron chi connectivity index (χ2n) is 4.26. The number of anilines is 1. The molecule has 0 aliphatic heterocycles.